The van der Waals surface area contributed by atoms with Gasteiger partial charge >= 0.3 is 5.97 Å². The van der Waals surface area contributed by atoms with Crippen LogP contribution in [0.15, 0.2) is 24.3 Å². The Morgan fingerprint density at radius 3 is 2.52 bits per heavy atom. The largest absolute Gasteiger partial charge is 0.478 e. The molecular weight excluding hydrogens is 266 g/mol. The van der Waals surface area contributed by atoms with Crippen molar-refractivity contribution in [3.8, 4) is 0 Å². The molecule has 0 aliphatic carbocycles. The van der Waals surface area contributed by atoms with E-state index in [0.717, 1.165) is 24.9 Å². The molecule has 4 heteroatoms. The maximum Gasteiger partial charge on any atom is 0.335 e. The van der Waals surface area contributed by atoms with Crippen LogP contribution >= 0.6 is 0 Å². The lowest BCUT2D eigenvalue weighted by atomic mass is 10.1. The summed E-state index contributed by atoms with van der Waals surface area (Å²) in [5.41, 5.74) is 1.29. The molecule has 2 unspecified atom stereocenters. The lowest BCUT2D eigenvalue weighted by Crippen LogP contribution is -2.35. The Hall–Kier alpha value is -1.84. The van der Waals surface area contributed by atoms with E-state index < -0.39 is 5.97 Å². The summed E-state index contributed by atoms with van der Waals surface area (Å²) in [5, 5.41) is 8.86. The molecule has 1 N–H and O–H groups in total. The van der Waals surface area contributed by atoms with Gasteiger partial charge < -0.3 is 10.0 Å². The second-order valence-electron chi connectivity index (χ2n) is 5.95. The summed E-state index contributed by atoms with van der Waals surface area (Å²) >= 11 is 0. The normalized spacial score (nSPS) is 21.5. The van der Waals surface area contributed by atoms with Gasteiger partial charge in [0.05, 0.1) is 5.56 Å². The average Bonchev–Trinajstić information content (AvgIpc) is 2.86. The molecule has 114 valence electrons. The molecule has 1 aromatic rings. The second-order valence-corrected chi connectivity index (χ2v) is 5.95. The number of benzene rings is 1. The van der Waals surface area contributed by atoms with E-state index in [-0.39, 0.29) is 11.5 Å². The lowest BCUT2D eigenvalue weighted by molar-refractivity contribution is -0.132. The Balaban J connectivity index is 1.90. The van der Waals surface area contributed by atoms with E-state index in [0.29, 0.717) is 24.8 Å². The van der Waals surface area contributed by atoms with E-state index in [1.54, 1.807) is 24.3 Å². The van der Waals surface area contributed by atoms with Crippen LogP contribution in [0.25, 0.3) is 0 Å². The van der Waals surface area contributed by atoms with Crippen molar-refractivity contribution in [1.82, 2.24) is 4.90 Å². The summed E-state index contributed by atoms with van der Waals surface area (Å²) in [6.07, 6.45) is 3.29. The first-order valence-corrected chi connectivity index (χ1v) is 7.63. The van der Waals surface area contributed by atoms with Crippen LogP contribution in [0.1, 0.15) is 49.0 Å². The fraction of sp³-hybridized carbons (Fsp3) is 0.529. The van der Waals surface area contributed by atoms with Gasteiger partial charge in [0.2, 0.25) is 5.91 Å². The summed E-state index contributed by atoms with van der Waals surface area (Å²) in [4.78, 5) is 25.2. The maximum atomic E-state index is 12.3. The van der Waals surface area contributed by atoms with Gasteiger partial charge in [-0.3, -0.25) is 4.79 Å². The van der Waals surface area contributed by atoms with Crippen LogP contribution in [0.2, 0.25) is 0 Å². The number of rotatable bonds is 5. The van der Waals surface area contributed by atoms with Gasteiger partial charge in [-0.15, -0.1) is 0 Å². The molecule has 0 radical (unpaired) electrons. The second kappa shape index (κ2) is 6.74. The highest BCUT2D eigenvalue weighted by Gasteiger charge is 2.31. The van der Waals surface area contributed by atoms with Gasteiger partial charge in [0.25, 0.3) is 0 Å². The fourth-order valence-electron chi connectivity index (χ4n) is 3.05. The van der Waals surface area contributed by atoms with Crippen LogP contribution in [0, 0.1) is 5.92 Å². The van der Waals surface area contributed by atoms with Crippen molar-refractivity contribution in [1.29, 1.82) is 0 Å². The Morgan fingerprint density at radius 2 is 1.95 bits per heavy atom. The van der Waals surface area contributed by atoms with Gasteiger partial charge in [-0.05, 0) is 42.9 Å². The highest BCUT2D eigenvalue weighted by Crippen LogP contribution is 2.25. The SMILES string of the molecule is CCC1CC(C)CN1C(=O)CCc1ccc(C(=O)O)cc1. The molecule has 1 saturated heterocycles. The van der Waals surface area contributed by atoms with Crippen molar-refractivity contribution >= 4 is 11.9 Å². The molecule has 21 heavy (non-hydrogen) atoms. The van der Waals surface area contributed by atoms with E-state index in [9.17, 15) is 9.59 Å². The first kappa shape index (κ1) is 15.5. The smallest absolute Gasteiger partial charge is 0.335 e. The highest BCUT2D eigenvalue weighted by atomic mass is 16.4. The Kier molecular flexibility index (Phi) is 4.99. The topological polar surface area (TPSA) is 57.6 Å². The third-order valence-corrected chi connectivity index (χ3v) is 4.24. The van der Waals surface area contributed by atoms with E-state index >= 15 is 0 Å². The zero-order chi connectivity index (χ0) is 15.4. The summed E-state index contributed by atoms with van der Waals surface area (Å²) in [7, 11) is 0. The number of carbonyl (C=O) groups is 2. The number of carboxylic acids is 1. The molecule has 2 atom stereocenters. The molecule has 0 saturated carbocycles. The Bertz CT molecular complexity index is 509. The first-order chi connectivity index (χ1) is 10.0. The van der Waals surface area contributed by atoms with Gasteiger partial charge in [-0.25, -0.2) is 4.79 Å². The van der Waals surface area contributed by atoms with Crippen LogP contribution in [0.3, 0.4) is 0 Å². The molecule has 2 rings (SSSR count). The summed E-state index contributed by atoms with van der Waals surface area (Å²) in [5.74, 6) is -0.114. The van der Waals surface area contributed by atoms with Crippen molar-refractivity contribution < 1.29 is 14.7 Å². The van der Waals surface area contributed by atoms with Crippen molar-refractivity contribution in [3.05, 3.63) is 35.4 Å². The number of hydrogen-bond acceptors (Lipinski definition) is 2. The molecule has 0 aromatic heterocycles. The minimum atomic E-state index is -0.922. The number of aryl methyl sites for hydroxylation is 1. The van der Waals surface area contributed by atoms with Crippen molar-refractivity contribution in [2.24, 2.45) is 5.92 Å². The van der Waals surface area contributed by atoms with Crippen molar-refractivity contribution in [2.75, 3.05) is 6.54 Å². The standard InChI is InChI=1S/C17H23NO3/c1-3-15-10-12(2)11-18(15)16(19)9-6-13-4-7-14(8-5-13)17(20)21/h4-5,7-8,12,15H,3,6,9-11H2,1-2H3,(H,20,21). The number of hydrogen-bond donors (Lipinski definition) is 1. The molecule has 1 heterocycles. The third-order valence-electron chi connectivity index (χ3n) is 4.24. The van der Waals surface area contributed by atoms with E-state index in [1.807, 2.05) is 4.90 Å². The van der Waals surface area contributed by atoms with E-state index in [1.165, 1.54) is 0 Å². The molecule has 1 aromatic carbocycles. The van der Waals surface area contributed by atoms with Gasteiger partial charge in [0.1, 0.15) is 0 Å². The number of carboxylic acid groups (broad SMARTS) is 1. The molecule has 1 aliphatic rings. The minimum absolute atomic E-state index is 0.216. The molecule has 0 spiro atoms. The molecule has 0 bridgehead atoms. The first-order valence-electron chi connectivity index (χ1n) is 7.63. The average molecular weight is 289 g/mol. The van der Waals surface area contributed by atoms with Gasteiger partial charge in [-0.2, -0.15) is 0 Å². The monoisotopic (exact) mass is 289 g/mol. The minimum Gasteiger partial charge on any atom is -0.478 e. The van der Waals surface area contributed by atoms with Crippen LogP contribution in [0.4, 0.5) is 0 Å². The quantitative estimate of drug-likeness (QED) is 0.906. The number of amides is 1. The van der Waals surface area contributed by atoms with Gasteiger partial charge in [0, 0.05) is 19.0 Å². The lowest BCUT2D eigenvalue weighted by Gasteiger charge is -2.23. The summed E-state index contributed by atoms with van der Waals surface area (Å²) < 4.78 is 0. The Morgan fingerprint density at radius 1 is 1.29 bits per heavy atom. The molecule has 1 amide bonds. The fourth-order valence-corrected chi connectivity index (χ4v) is 3.05. The molecule has 1 fully saturated rings. The van der Waals surface area contributed by atoms with E-state index in [2.05, 4.69) is 13.8 Å². The number of likely N-dealkylation sites (tertiary alicyclic amines) is 1. The molecular formula is C17H23NO3. The maximum absolute atomic E-state index is 12.3. The van der Waals surface area contributed by atoms with Crippen LogP contribution in [-0.4, -0.2) is 34.5 Å². The highest BCUT2D eigenvalue weighted by molar-refractivity contribution is 5.87. The third kappa shape index (κ3) is 3.84. The number of aromatic carboxylic acids is 1. The molecule has 4 nitrogen and oxygen atoms in total. The zero-order valence-electron chi connectivity index (χ0n) is 12.7. The van der Waals surface area contributed by atoms with E-state index in [4.69, 9.17) is 5.11 Å². The van der Waals surface area contributed by atoms with Crippen molar-refractivity contribution in [2.45, 2.75) is 45.6 Å². The summed E-state index contributed by atoms with van der Waals surface area (Å²) in [6, 6.07) is 7.16. The van der Waals surface area contributed by atoms with Crippen LogP contribution in [-0.2, 0) is 11.2 Å². The predicted octanol–water partition coefficient (Wildman–Crippen LogP) is 2.96. The summed E-state index contributed by atoms with van der Waals surface area (Å²) in [6.45, 7) is 5.20. The zero-order valence-corrected chi connectivity index (χ0v) is 12.7. The predicted molar refractivity (Wildman–Crippen MR) is 81.3 cm³/mol. The Labute approximate surface area is 125 Å². The van der Waals surface area contributed by atoms with Crippen LogP contribution < -0.4 is 0 Å². The van der Waals surface area contributed by atoms with Crippen LogP contribution in [0.5, 0.6) is 0 Å². The van der Waals surface area contributed by atoms with Crippen molar-refractivity contribution in [3.63, 3.8) is 0 Å². The number of nitrogens with zero attached hydrogens (tertiary/aromatic N) is 1. The molecule has 1 aliphatic heterocycles. The van der Waals surface area contributed by atoms with Gasteiger partial charge in [-0.1, -0.05) is 26.0 Å². The number of carbonyl (C=O) groups excluding carboxylic acids is 1. The van der Waals surface area contributed by atoms with Gasteiger partial charge in [0.15, 0.2) is 0 Å².